The Balaban J connectivity index is 2.59. The highest BCUT2D eigenvalue weighted by atomic mass is 35.5. The van der Waals surface area contributed by atoms with Crippen LogP contribution in [0.1, 0.15) is 5.56 Å². The minimum atomic E-state index is -3.64. The molecule has 0 spiro atoms. The van der Waals surface area contributed by atoms with Gasteiger partial charge in [0.1, 0.15) is 6.61 Å². The van der Waals surface area contributed by atoms with Crippen LogP contribution in [0.2, 0.25) is 5.02 Å². The molecule has 0 aliphatic heterocycles. The fourth-order valence-electron chi connectivity index (χ4n) is 1.40. The minimum Gasteiger partial charge on any atom is -0.480 e. The molecule has 1 rings (SSSR count). The Bertz CT molecular complexity index is 558. The predicted octanol–water partition coefficient (Wildman–Crippen LogP) is 1.03. The Hall–Kier alpha value is -1.15. The number of hydrogen-bond donors (Lipinski definition) is 2. The third-order valence-corrected chi connectivity index (χ3v) is 4.05. The lowest BCUT2D eigenvalue weighted by Gasteiger charge is -2.09. The standard InChI is InChI=1S/C11H14ClNO5S/c1-8-6-9(12)2-3-10(8)19(16,17)13-4-5-18-7-11(14)15/h2-3,6,13H,4-5,7H2,1H3,(H,14,15). The Morgan fingerprint density at radius 3 is 2.74 bits per heavy atom. The van der Waals surface area contributed by atoms with E-state index >= 15 is 0 Å². The van der Waals surface area contributed by atoms with Crippen LogP contribution in [0.4, 0.5) is 0 Å². The molecular formula is C11H14ClNO5S. The van der Waals surface area contributed by atoms with Gasteiger partial charge >= 0.3 is 5.97 Å². The molecular weight excluding hydrogens is 294 g/mol. The van der Waals surface area contributed by atoms with Crippen LogP contribution in [0.3, 0.4) is 0 Å². The molecule has 106 valence electrons. The molecule has 0 aliphatic rings. The number of ether oxygens (including phenoxy) is 1. The SMILES string of the molecule is Cc1cc(Cl)ccc1S(=O)(=O)NCCOCC(=O)O. The Kier molecular flexibility index (Phi) is 5.74. The van der Waals surface area contributed by atoms with Crippen molar-refractivity contribution in [1.82, 2.24) is 4.72 Å². The molecule has 0 radical (unpaired) electrons. The molecule has 1 aromatic rings. The van der Waals surface area contributed by atoms with Crippen molar-refractivity contribution in [1.29, 1.82) is 0 Å². The molecule has 0 amide bonds. The first-order valence-corrected chi connectivity index (χ1v) is 7.24. The smallest absolute Gasteiger partial charge is 0.329 e. The van der Waals surface area contributed by atoms with Gasteiger partial charge < -0.3 is 9.84 Å². The molecule has 0 saturated carbocycles. The summed E-state index contributed by atoms with van der Waals surface area (Å²) in [6.07, 6.45) is 0. The van der Waals surface area contributed by atoms with Crippen LogP contribution in [0.5, 0.6) is 0 Å². The number of nitrogens with one attached hydrogen (secondary N) is 1. The third-order valence-electron chi connectivity index (χ3n) is 2.19. The topological polar surface area (TPSA) is 92.7 Å². The van der Waals surface area contributed by atoms with Gasteiger partial charge in [0.15, 0.2) is 0 Å². The Morgan fingerprint density at radius 1 is 1.47 bits per heavy atom. The van der Waals surface area contributed by atoms with Crippen LogP contribution in [0, 0.1) is 6.92 Å². The number of benzene rings is 1. The van der Waals surface area contributed by atoms with Gasteiger partial charge in [-0.05, 0) is 30.7 Å². The Morgan fingerprint density at radius 2 is 2.16 bits per heavy atom. The van der Waals surface area contributed by atoms with Crippen LogP contribution >= 0.6 is 11.6 Å². The van der Waals surface area contributed by atoms with E-state index in [0.29, 0.717) is 10.6 Å². The zero-order valence-electron chi connectivity index (χ0n) is 10.2. The molecule has 0 unspecified atom stereocenters. The van der Waals surface area contributed by atoms with Gasteiger partial charge in [-0.1, -0.05) is 11.6 Å². The molecule has 0 bridgehead atoms. The highest BCUT2D eigenvalue weighted by Gasteiger charge is 2.16. The minimum absolute atomic E-state index is 0.00230. The normalized spacial score (nSPS) is 11.5. The van der Waals surface area contributed by atoms with Gasteiger partial charge in [-0.15, -0.1) is 0 Å². The molecule has 0 aromatic heterocycles. The first-order chi connectivity index (χ1) is 8.83. The van der Waals surface area contributed by atoms with Gasteiger partial charge in [0, 0.05) is 11.6 Å². The average molecular weight is 308 g/mol. The van der Waals surface area contributed by atoms with E-state index in [0.717, 1.165) is 0 Å². The summed E-state index contributed by atoms with van der Waals surface area (Å²) in [7, 11) is -3.64. The number of hydrogen-bond acceptors (Lipinski definition) is 4. The van der Waals surface area contributed by atoms with E-state index in [9.17, 15) is 13.2 Å². The van der Waals surface area contributed by atoms with E-state index in [2.05, 4.69) is 4.72 Å². The van der Waals surface area contributed by atoms with Gasteiger partial charge in [0.25, 0.3) is 0 Å². The van der Waals surface area contributed by atoms with Crippen molar-refractivity contribution in [2.75, 3.05) is 19.8 Å². The van der Waals surface area contributed by atoms with E-state index in [1.165, 1.54) is 12.1 Å². The number of aliphatic carboxylic acids is 1. The molecule has 0 saturated heterocycles. The van der Waals surface area contributed by atoms with Crippen molar-refractivity contribution in [2.24, 2.45) is 0 Å². The monoisotopic (exact) mass is 307 g/mol. The molecule has 8 heteroatoms. The molecule has 19 heavy (non-hydrogen) atoms. The van der Waals surface area contributed by atoms with Crippen LogP contribution < -0.4 is 4.72 Å². The number of halogens is 1. The van der Waals surface area contributed by atoms with Crippen LogP contribution in [0.25, 0.3) is 0 Å². The van der Waals surface area contributed by atoms with E-state index < -0.39 is 22.6 Å². The van der Waals surface area contributed by atoms with Crippen molar-refractivity contribution in [3.8, 4) is 0 Å². The predicted molar refractivity (Wildman–Crippen MR) is 69.8 cm³/mol. The fraction of sp³-hybridized carbons (Fsp3) is 0.364. The largest absolute Gasteiger partial charge is 0.480 e. The molecule has 2 N–H and O–H groups in total. The summed E-state index contributed by atoms with van der Waals surface area (Å²) in [6, 6.07) is 4.46. The Labute approximate surface area is 116 Å². The number of rotatable bonds is 7. The molecule has 6 nitrogen and oxygen atoms in total. The van der Waals surface area contributed by atoms with Crippen molar-refractivity contribution < 1.29 is 23.1 Å². The van der Waals surface area contributed by atoms with Crippen molar-refractivity contribution in [3.05, 3.63) is 28.8 Å². The maximum absolute atomic E-state index is 11.9. The highest BCUT2D eigenvalue weighted by molar-refractivity contribution is 7.89. The van der Waals surface area contributed by atoms with Gasteiger partial charge in [0.2, 0.25) is 10.0 Å². The van der Waals surface area contributed by atoms with Gasteiger partial charge in [-0.2, -0.15) is 0 Å². The number of carboxylic acid groups (broad SMARTS) is 1. The first-order valence-electron chi connectivity index (χ1n) is 5.38. The molecule has 0 aliphatic carbocycles. The van der Waals surface area contributed by atoms with Crippen LogP contribution in [0.15, 0.2) is 23.1 Å². The third kappa shape index (κ3) is 5.15. The summed E-state index contributed by atoms with van der Waals surface area (Å²) in [5.74, 6) is -1.10. The van der Waals surface area contributed by atoms with Crippen molar-refractivity contribution in [3.63, 3.8) is 0 Å². The number of carboxylic acids is 1. The second-order valence-corrected chi connectivity index (χ2v) is 5.93. The fourth-order valence-corrected chi connectivity index (χ4v) is 2.86. The second kappa shape index (κ2) is 6.85. The molecule has 0 fully saturated rings. The summed E-state index contributed by atoms with van der Waals surface area (Å²) in [4.78, 5) is 10.3. The second-order valence-electron chi connectivity index (χ2n) is 3.75. The lowest BCUT2D eigenvalue weighted by Crippen LogP contribution is -2.28. The highest BCUT2D eigenvalue weighted by Crippen LogP contribution is 2.19. The molecule has 0 atom stereocenters. The summed E-state index contributed by atoms with van der Waals surface area (Å²) < 4.78 is 30.9. The van der Waals surface area contributed by atoms with Crippen LogP contribution in [-0.4, -0.2) is 39.3 Å². The van der Waals surface area contributed by atoms with Gasteiger partial charge in [-0.3, -0.25) is 0 Å². The maximum atomic E-state index is 11.9. The molecule has 1 aromatic carbocycles. The average Bonchev–Trinajstić information content (AvgIpc) is 2.27. The number of carbonyl (C=O) groups is 1. The van der Waals surface area contributed by atoms with Crippen molar-refractivity contribution >= 4 is 27.6 Å². The maximum Gasteiger partial charge on any atom is 0.329 e. The van der Waals surface area contributed by atoms with Crippen molar-refractivity contribution in [2.45, 2.75) is 11.8 Å². The van der Waals surface area contributed by atoms with Gasteiger partial charge in [0.05, 0.1) is 11.5 Å². The zero-order valence-corrected chi connectivity index (χ0v) is 11.8. The summed E-state index contributed by atoms with van der Waals surface area (Å²) in [6.45, 7) is 1.17. The van der Waals surface area contributed by atoms with E-state index in [1.54, 1.807) is 13.0 Å². The van der Waals surface area contributed by atoms with E-state index in [1.807, 2.05) is 0 Å². The zero-order chi connectivity index (χ0) is 14.5. The van der Waals surface area contributed by atoms with E-state index in [4.69, 9.17) is 21.4 Å². The lowest BCUT2D eigenvalue weighted by atomic mass is 10.2. The quantitative estimate of drug-likeness (QED) is 0.734. The summed E-state index contributed by atoms with van der Waals surface area (Å²) in [5, 5.41) is 8.80. The van der Waals surface area contributed by atoms with E-state index in [-0.39, 0.29) is 18.0 Å². The number of aryl methyl sites for hydroxylation is 1. The molecule has 0 heterocycles. The van der Waals surface area contributed by atoms with Gasteiger partial charge in [-0.25, -0.2) is 17.9 Å². The lowest BCUT2D eigenvalue weighted by molar-refractivity contribution is -0.142. The van der Waals surface area contributed by atoms with Crippen LogP contribution in [-0.2, 0) is 19.6 Å². The number of sulfonamides is 1. The summed E-state index contributed by atoms with van der Waals surface area (Å²) in [5.41, 5.74) is 0.534. The summed E-state index contributed by atoms with van der Waals surface area (Å²) >= 11 is 5.75. The first kappa shape index (κ1) is 15.9.